The molecule has 28 heavy (non-hydrogen) atoms. The zero-order chi connectivity index (χ0) is 19.8. The normalized spacial score (nSPS) is 24.2. The lowest BCUT2D eigenvalue weighted by molar-refractivity contribution is -0.385. The maximum absolute atomic E-state index is 13.1. The van der Waals surface area contributed by atoms with Crippen LogP contribution in [0.5, 0.6) is 0 Å². The largest absolute Gasteiger partial charge is 0.329 e. The highest BCUT2D eigenvalue weighted by molar-refractivity contribution is 5.92. The maximum atomic E-state index is 13.1. The number of hydrogen-bond acceptors (Lipinski definition) is 4. The fraction of sp³-hybridized carbons (Fsp3) is 0.273. The van der Waals surface area contributed by atoms with Gasteiger partial charge in [-0.2, -0.15) is 0 Å². The molecule has 0 spiro atoms. The maximum Gasteiger partial charge on any atom is 0.272 e. The molecule has 1 N–H and O–H groups in total. The van der Waals surface area contributed by atoms with Crippen LogP contribution in [-0.2, 0) is 9.59 Å². The number of nitrogens with one attached hydrogen (secondary N) is 1. The Balaban J connectivity index is 1.74. The number of aryl methyl sites for hydroxylation is 1. The minimum Gasteiger partial charge on any atom is -0.329 e. The number of fused-ring (bicyclic) bond motifs is 1. The average Bonchev–Trinajstić information content (AvgIpc) is 2.67. The van der Waals surface area contributed by atoms with Gasteiger partial charge >= 0.3 is 0 Å². The van der Waals surface area contributed by atoms with E-state index in [1.165, 1.54) is 6.07 Å². The van der Waals surface area contributed by atoms with Crippen LogP contribution in [-0.4, -0.2) is 16.6 Å². The van der Waals surface area contributed by atoms with Crippen molar-refractivity contribution in [2.24, 2.45) is 5.92 Å². The van der Waals surface area contributed by atoms with Crippen molar-refractivity contribution in [3.8, 4) is 0 Å². The number of rotatable bonds is 3. The molecule has 142 valence electrons. The number of piperidine rings is 1. The lowest BCUT2D eigenvalue weighted by atomic mass is 9.70. The van der Waals surface area contributed by atoms with Gasteiger partial charge in [-0.05, 0) is 18.1 Å². The Morgan fingerprint density at radius 1 is 1.04 bits per heavy atom. The van der Waals surface area contributed by atoms with E-state index >= 15 is 0 Å². The SMILES string of the molecule is Cc1ccc([C@@H]2CC(=O)NC3=C[C@@H](c4ccccc4)CC(=O)[C@@H]32)cc1[N+](=O)[O-]. The first kappa shape index (κ1) is 18.1. The number of hydrogen-bond donors (Lipinski definition) is 1. The number of Topliss-reactive ketones (excluding diaryl/α,β-unsaturated/α-hetero) is 1. The molecule has 2 aromatic carbocycles. The summed E-state index contributed by atoms with van der Waals surface area (Å²) in [5, 5.41) is 14.2. The Kier molecular flexibility index (Phi) is 4.55. The van der Waals surface area contributed by atoms with Crippen molar-refractivity contribution in [1.29, 1.82) is 0 Å². The van der Waals surface area contributed by atoms with E-state index in [0.717, 1.165) is 5.56 Å². The van der Waals surface area contributed by atoms with Gasteiger partial charge in [-0.25, -0.2) is 0 Å². The number of nitro groups is 1. The summed E-state index contributed by atoms with van der Waals surface area (Å²) in [5.74, 6) is -1.05. The van der Waals surface area contributed by atoms with Gasteiger partial charge in [0.05, 0.1) is 10.8 Å². The summed E-state index contributed by atoms with van der Waals surface area (Å²) >= 11 is 0. The van der Waals surface area contributed by atoms with Crippen molar-refractivity contribution < 1.29 is 14.5 Å². The molecule has 1 aliphatic heterocycles. The van der Waals surface area contributed by atoms with Gasteiger partial charge in [-0.1, -0.05) is 48.5 Å². The molecule has 3 atom stereocenters. The van der Waals surface area contributed by atoms with Crippen molar-refractivity contribution in [2.45, 2.75) is 31.6 Å². The second kappa shape index (κ2) is 7.03. The first-order valence-electron chi connectivity index (χ1n) is 9.28. The summed E-state index contributed by atoms with van der Waals surface area (Å²) in [7, 11) is 0. The van der Waals surface area contributed by atoms with E-state index in [-0.39, 0.29) is 35.6 Å². The molecule has 1 aliphatic carbocycles. The summed E-state index contributed by atoms with van der Waals surface area (Å²) < 4.78 is 0. The van der Waals surface area contributed by atoms with E-state index in [2.05, 4.69) is 5.32 Å². The van der Waals surface area contributed by atoms with Gasteiger partial charge in [0.15, 0.2) is 0 Å². The smallest absolute Gasteiger partial charge is 0.272 e. The Morgan fingerprint density at radius 3 is 2.50 bits per heavy atom. The number of allylic oxidation sites excluding steroid dienone is 2. The van der Waals surface area contributed by atoms with Gasteiger partial charge in [0, 0.05) is 42.0 Å². The third-order valence-corrected chi connectivity index (χ3v) is 5.66. The molecule has 0 saturated carbocycles. The summed E-state index contributed by atoms with van der Waals surface area (Å²) in [6, 6.07) is 14.7. The number of amides is 1. The Bertz CT molecular complexity index is 997. The molecule has 0 aromatic heterocycles. The van der Waals surface area contributed by atoms with E-state index in [1.807, 2.05) is 36.4 Å². The Morgan fingerprint density at radius 2 is 1.79 bits per heavy atom. The van der Waals surface area contributed by atoms with Crippen LogP contribution in [0, 0.1) is 23.0 Å². The Labute approximate surface area is 162 Å². The van der Waals surface area contributed by atoms with Crippen LogP contribution in [0.3, 0.4) is 0 Å². The van der Waals surface area contributed by atoms with E-state index in [0.29, 0.717) is 23.2 Å². The summed E-state index contributed by atoms with van der Waals surface area (Å²) in [5.41, 5.74) is 2.89. The number of nitro benzene ring substituents is 1. The van der Waals surface area contributed by atoms with Crippen molar-refractivity contribution in [3.05, 3.63) is 87.1 Å². The van der Waals surface area contributed by atoms with Crippen LogP contribution >= 0.6 is 0 Å². The van der Waals surface area contributed by atoms with Crippen LogP contribution in [0.1, 0.15) is 41.4 Å². The molecule has 6 heteroatoms. The fourth-order valence-electron chi connectivity index (χ4n) is 4.27. The van der Waals surface area contributed by atoms with Gasteiger partial charge in [0.2, 0.25) is 5.91 Å². The van der Waals surface area contributed by atoms with Crippen LogP contribution in [0.15, 0.2) is 60.3 Å². The number of benzene rings is 2. The number of nitrogens with zero attached hydrogens (tertiary/aromatic N) is 1. The van der Waals surface area contributed by atoms with Gasteiger partial charge < -0.3 is 5.32 Å². The van der Waals surface area contributed by atoms with Crippen molar-refractivity contribution in [2.75, 3.05) is 0 Å². The Hall–Kier alpha value is -3.28. The monoisotopic (exact) mass is 376 g/mol. The number of ketones is 1. The molecule has 0 radical (unpaired) electrons. The third-order valence-electron chi connectivity index (χ3n) is 5.66. The van der Waals surface area contributed by atoms with E-state index in [4.69, 9.17) is 0 Å². The lowest BCUT2D eigenvalue weighted by Gasteiger charge is -2.37. The zero-order valence-corrected chi connectivity index (χ0v) is 15.4. The van der Waals surface area contributed by atoms with E-state index in [1.54, 1.807) is 19.1 Å². The minimum atomic E-state index is -0.472. The predicted octanol–water partition coefficient (Wildman–Crippen LogP) is 3.76. The lowest BCUT2D eigenvalue weighted by Crippen LogP contribution is -2.43. The van der Waals surface area contributed by atoms with Crippen LogP contribution in [0.4, 0.5) is 5.69 Å². The first-order valence-corrected chi connectivity index (χ1v) is 9.28. The minimum absolute atomic E-state index is 0.0134. The highest BCUT2D eigenvalue weighted by Gasteiger charge is 2.42. The third kappa shape index (κ3) is 3.22. The molecular formula is C22H20N2O4. The number of carbonyl (C=O) groups excluding carboxylic acids is 2. The van der Waals surface area contributed by atoms with Crippen LogP contribution < -0.4 is 5.32 Å². The molecule has 1 saturated heterocycles. The van der Waals surface area contributed by atoms with Gasteiger partial charge in [-0.3, -0.25) is 19.7 Å². The summed E-state index contributed by atoms with van der Waals surface area (Å²) in [6.45, 7) is 1.68. The molecular weight excluding hydrogens is 356 g/mol. The topological polar surface area (TPSA) is 89.3 Å². The summed E-state index contributed by atoms with van der Waals surface area (Å²) in [6.07, 6.45) is 2.47. The highest BCUT2D eigenvalue weighted by atomic mass is 16.6. The second-order valence-electron chi connectivity index (χ2n) is 7.45. The predicted molar refractivity (Wildman–Crippen MR) is 104 cm³/mol. The molecule has 1 fully saturated rings. The fourth-order valence-corrected chi connectivity index (χ4v) is 4.27. The van der Waals surface area contributed by atoms with Crippen molar-refractivity contribution in [1.82, 2.24) is 5.32 Å². The van der Waals surface area contributed by atoms with Gasteiger partial charge in [-0.15, -0.1) is 0 Å². The summed E-state index contributed by atoms with van der Waals surface area (Å²) in [4.78, 5) is 36.3. The quantitative estimate of drug-likeness (QED) is 0.652. The van der Waals surface area contributed by atoms with Crippen LogP contribution in [0.25, 0.3) is 0 Å². The zero-order valence-electron chi connectivity index (χ0n) is 15.4. The first-order chi connectivity index (χ1) is 13.4. The van der Waals surface area contributed by atoms with Crippen LogP contribution in [0.2, 0.25) is 0 Å². The average molecular weight is 376 g/mol. The molecule has 2 aromatic rings. The molecule has 1 amide bonds. The molecule has 2 aliphatic rings. The second-order valence-corrected chi connectivity index (χ2v) is 7.45. The van der Waals surface area contributed by atoms with E-state index < -0.39 is 10.8 Å². The molecule has 0 unspecified atom stereocenters. The highest BCUT2D eigenvalue weighted by Crippen LogP contribution is 2.43. The molecule has 1 heterocycles. The van der Waals surface area contributed by atoms with Crippen molar-refractivity contribution in [3.63, 3.8) is 0 Å². The van der Waals surface area contributed by atoms with Crippen molar-refractivity contribution >= 4 is 17.4 Å². The molecule has 6 nitrogen and oxygen atoms in total. The standard InChI is InChI=1S/C22H20N2O4/c1-13-7-8-15(10-19(13)24(27)28)17-12-21(26)23-18-9-16(11-20(25)22(17)18)14-5-3-2-4-6-14/h2-10,16-17,22H,11-12H2,1H3,(H,23,26)/t16-,17+,22-/m1/s1. The van der Waals surface area contributed by atoms with E-state index in [9.17, 15) is 19.7 Å². The van der Waals surface area contributed by atoms with Gasteiger partial charge in [0.1, 0.15) is 5.78 Å². The van der Waals surface area contributed by atoms with Gasteiger partial charge in [0.25, 0.3) is 5.69 Å². The molecule has 0 bridgehead atoms. The molecule has 4 rings (SSSR count). The number of carbonyl (C=O) groups is 2.